The van der Waals surface area contributed by atoms with Crippen LogP contribution in [0.2, 0.25) is 5.02 Å². The van der Waals surface area contributed by atoms with Crippen LogP contribution in [0.25, 0.3) is 11.1 Å². The van der Waals surface area contributed by atoms with E-state index in [0.29, 0.717) is 5.56 Å². The van der Waals surface area contributed by atoms with Gasteiger partial charge in [-0.25, -0.2) is 8.78 Å². The Hall–Kier alpha value is -1.61. The Morgan fingerprint density at radius 1 is 0.938 bits per heavy atom. The fourth-order valence-corrected chi connectivity index (χ4v) is 1.73. The SMILES string of the molecule is Nc1ccc(-c2ccccc2F)c(Cl)c1F. The number of nitrogens with two attached hydrogens (primary N) is 1. The topological polar surface area (TPSA) is 26.0 Å². The second kappa shape index (κ2) is 4.10. The highest BCUT2D eigenvalue weighted by atomic mass is 35.5. The van der Waals surface area contributed by atoms with Crippen LogP contribution in [0.4, 0.5) is 14.5 Å². The van der Waals surface area contributed by atoms with E-state index in [1.807, 2.05) is 0 Å². The van der Waals surface area contributed by atoms with Gasteiger partial charge in [0, 0.05) is 11.1 Å². The summed E-state index contributed by atoms with van der Waals surface area (Å²) in [6, 6.07) is 8.90. The Bertz CT molecular complexity index is 541. The Labute approximate surface area is 96.5 Å². The van der Waals surface area contributed by atoms with E-state index in [0.717, 1.165) is 0 Å². The van der Waals surface area contributed by atoms with Gasteiger partial charge < -0.3 is 5.73 Å². The number of hydrogen-bond acceptors (Lipinski definition) is 1. The molecule has 0 radical (unpaired) electrons. The molecule has 2 rings (SSSR count). The fourth-order valence-electron chi connectivity index (χ4n) is 1.45. The summed E-state index contributed by atoms with van der Waals surface area (Å²) in [6.45, 7) is 0. The minimum atomic E-state index is -0.720. The van der Waals surface area contributed by atoms with Crippen LogP contribution in [0.15, 0.2) is 36.4 Å². The van der Waals surface area contributed by atoms with Crippen LogP contribution in [0.3, 0.4) is 0 Å². The molecule has 16 heavy (non-hydrogen) atoms. The fraction of sp³-hybridized carbons (Fsp3) is 0. The third-order valence-corrected chi connectivity index (χ3v) is 2.65. The van der Waals surface area contributed by atoms with Gasteiger partial charge in [-0.1, -0.05) is 35.9 Å². The van der Waals surface area contributed by atoms with E-state index in [4.69, 9.17) is 17.3 Å². The summed E-state index contributed by atoms with van der Waals surface area (Å²) in [4.78, 5) is 0. The van der Waals surface area contributed by atoms with Crippen LogP contribution in [0, 0.1) is 11.6 Å². The number of benzene rings is 2. The number of hydrogen-bond donors (Lipinski definition) is 1. The van der Waals surface area contributed by atoms with Gasteiger partial charge in [-0.05, 0) is 12.1 Å². The molecule has 0 saturated heterocycles. The van der Waals surface area contributed by atoms with Gasteiger partial charge in [-0.3, -0.25) is 0 Å². The van der Waals surface area contributed by atoms with Gasteiger partial charge in [0.1, 0.15) is 5.82 Å². The van der Waals surface area contributed by atoms with Gasteiger partial charge >= 0.3 is 0 Å². The Kier molecular flexibility index (Phi) is 2.79. The zero-order valence-electron chi connectivity index (χ0n) is 8.18. The minimum absolute atomic E-state index is 0.0508. The molecule has 0 atom stereocenters. The van der Waals surface area contributed by atoms with Crippen LogP contribution < -0.4 is 5.73 Å². The summed E-state index contributed by atoms with van der Waals surface area (Å²) < 4.78 is 26.9. The molecular weight excluding hydrogens is 232 g/mol. The minimum Gasteiger partial charge on any atom is -0.396 e. The highest BCUT2D eigenvalue weighted by Gasteiger charge is 2.13. The lowest BCUT2D eigenvalue weighted by Crippen LogP contribution is -1.94. The van der Waals surface area contributed by atoms with Crippen molar-refractivity contribution in [3.63, 3.8) is 0 Å². The monoisotopic (exact) mass is 239 g/mol. The number of halogens is 3. The van der Waals surface area contributed by atoms with Gasteiger partial charge in [0.15, 0.2) is 5.82 Å². The second-order valence-corrected chi connectivity index (χ2v) is 3.69. The Morgan fingerprint density at radius 3 is 2.31 bits per heavy atom. The van der Waals surface area contributed by atoms with E-state index in [1.54, 1.807) is 12.1 Å². The molecule has 0 fully saturated rings. The normalized spacial score (nSPS) is 10.4. The van der Waals surface area contributed by atoms with Crippen LogP contribution in [-0.4, -0.2) is 0 Å². The molecule has 82 valence electrons. The second-order valence-electron chi connectivity index (χ2n) is 3.31. The first-order chi connectivity index (χ1) is 7.61. The standard InChI is InChI=1S/C12H8ClF2N/c13-11-8(5-6-10(16)12(11)15)7-3-1-2-4-9(7)14/h1-6H,16H2. The highest BCUT2D eigenvalue weighted by Crippen LogP contribution is 2.33. The van der Waals surface area contributed by atoms with E-state index in [2.05, 4.69) is 0 Å². The lowest BCUT2D eigenvalue weighted by atomic mass is 10.0. The van der Waals surface area contributed by atoms with Crippen molar-refractivity contribution in [2.45, 2.75) is 0 Å². The summed E-state index contributed by atoms with van der Waals surface area (Å²) in [7, 11) is 0. The summed E-state index contributed by atoms with van der Waals surface area (Å²) in [5.41, 5.74) is 5.86. The molecule has 0 spiro atoms. The molecule has 2 aromatic carbocycles. The zero-order chi connectivity index (χ0) is 11.7. The highest BCUT2D eigenvalue weighted by molar-refractivity contribution is 6.33. The molecule has 0 heterocycles. The molecule has 0 aliphatic carbocycles. The van der Waals surface area contributed by atoms with Crippen LogP contribution >= 0.6 is 11.6 Å². The van der Waals surface area contributed by atoms with Gasteiger partial charge in [-0.2, -0.15) is 0 Å². The van der Waals surface area contributed by atoms with Crippen LogP contribution in [0.1, 0.15) is 0 Å². The molecule has 1 nitrogen and oxygen atoms in total. The van der Waals surface area contributed by atoms with Crippen LogP contribution in [0.5, 0.6) is 0 Å². The molecule has 0 aliphatic heterocycles. The first-order valence-electron chi connectivity index (χ1n) is 4.59. The lowest BCUT2D eigenvalue weighted by molar-refractivity contribution is 0.627. The molecular formula is C12H8ClF2N. The number of nitrogen functional groups attached to an aromatic ring is 1. The Balaban J connectivity index is 2.66. The van der Waals surface area contributed by atoms with Crippen molar-refractivity contribution < 1.29 is 8.78 Å². The predicted octanol–water partition coefficient (Wildman–Crippen LogP) is 3.87. The number of anilines is 1. The van der Waals surface area contributed by atoms with Gasteiger partial charge in [-0.15, -0.1) is 0 Å². The van der Waals surface area contributed by atoms with Crippen molar-refractivity contribution in [1.29, 1.82) is 0 Å². The number of rotatable bonds is 1. The van der Waals surface area contributed by atoms with Crippen molar-refractivity contribution in [2.24, 2.45) is 0 Å². The summed E-state index contributed by atoms with van der Waals surface area (Å²) in [5, 5.41) is -0.162. The summed E-state index contributed by atoms with van der Waals surface area (Å²) in [5.74, 6) is -1.17. The molecule has 0 unspecified atom stereocenters. The predicted molar refractivity (Wildman–Crippen MR) is 61.2 cm³/mol. The van der Waals surface area contributed by atoms with E-state index < -0.39 is 11.6 Å². The van der Waals surface area contributed by atoms with Gasteiger partial charge in [0.2, 0.25) is 0 Å². The largest absolute Gasteiger partial charge is 0.396 e. The maximum Gasteiger partial charge on any atom is 0.165 e. The lowest BCUT2D eigenvalue weighted by Gasteiger charge is -2.07. The quantitative estimate of drug-likeness (QED) is 0.751. The molecule has 0 aromatic heterocycles. The average molecular weight is 240 g/mol. The van der Waals surface area contributed by atoms with Crippen LogP contribution in [-0.2, 0) is 0 Å². The third kappa shape index (κ3) is 1.74. The van der Waals surface area contributed by atoms with Crippen molar-refractivity contribution in [2.75, 3.05) is 5.73 Å². The molecule has 0 saturated carbocycles. The zero-order valence-corrected chi connectivity index (χ0v) is 8.93. The maximum atomic E-state index is 13.5. The van der Waals surface area contributed by atoms with E-state index >= 15 is 0 Å². The van der Waals surface area contributed by atoms with E-state index in [-0.39, 0.29) is 16.3 Å². The van der Waals surface area contributed by atoms with E-state index in [9.17, 15) is 8.78 Å². The van der Waals surface area contributed by atoms with Gasteiger partial charge in [0.25, 0.3) is 0 Å². The first-order valence-corrected chi connectivity index (χ1v) is 4.97. The molecule has 2 N–H and O–H groups in total. The molecule has 0 amide bonds. The summed E-state index contributed by atoms with van der Waals surface area (Å²) >= 11 is 5.78. The smallest absolute Gasteiger partial charge is 0.165 e. The van der Waals surface area contributed by atoms with Crippen molar-refractivity contribution in [3.05, 3.63) is 53.1 Å². The van der Waals surface area contributed by atoms with Crippen molar-refractivity contribution in [1.82, 2.24) is 0 Å². The summed E-state index contributed by atoms with van der Waals surface area (Å²) in [6.07, 6.45) is 0. The molecule has 4 heteroatoms. The Morgan fingerprint density at radius 2 is 1.62 bits per heavy atom. The first kappa shape index (κ1) is 10.9. The third-order valence-electron chi connectivity index (χ3n) is 2.28. The molecule has 0 bridgehead atoms. The maximum absolute atomic E-state index is 13.5. The van der Waals surface area contributed by atoms with E-state index in [1.165, 1.54) is 24.3 Å². The van der Waals surface area contributed by atoms with Gasteiger partial charge in [0.05, 0.1) is 10.7 Å². The van der Waals surface area contributed by atoms with Crippen molar-refractivity contribution >= 4 is 17.3 Å². The average Bonchev–Trinajstić information content (AvgIpc) is 2.28. The van der Waals surface area contributed by atoms with Crippen molar-refractivity contribution in [3.8, 4) is 11.1 Å². The molecule has 0 aliphatic rings. The molecule has 2 aromatic rings.